The first-order valence-corrected chi connectivity index (χ1v) is 12.2. The van der Waals surface area contributed by atoms with Gasteiger partial charge in [0.05, 0.1) is 24.1 Å². The quantitative estimate of drug-likeness (QED) is 0.607. The van der Waals surface area contributed by atoms with Gasteiger partial charge < -0.3 is 4.74 Å². The number of fused-ring (bicyclic) bond motifs is 2. The molecule has 156 valence electrons. The molecule has 6 nitrogen and oxygen atoms in total. The number of hydrogen-bond acceptors (Lipinski definition) is 6. The van der Waals surface area contributed by atoms with Gasteiger partial charge in [-0.05, 0) is 35.7 Å². The van der Waals surface area contributed by atoms with E-state index < -0.39 is 15.6 Å². The minimum Gasteiger partial charge on any atom is -0.497 e. The Morgan fingerprint density at radius 3 is 2.67 bits per heavy atom. The lowest BCUT2D eigenvalue weighted by Gasteiger charge is -2.34. The summed E-state index contributed by atoms with van der Waals surface area (Å²) >= 11 is 1.64. The molecule has 0 amide bonds. The zero-order valence-electron chi connectivity index (χ0n) is 16.7. The normalized spacial score (nSPS) is 23.1. The van der Waals surface area contributed by atoms with Gasteiger partial charge in [-0.3, -0.25) is 4.90 Å². The lowest BCUT2D eigenvalue weighted by atomic mass is 9.88. The maximum Gasteiger partial charge on any atom is 0.244 e. The molecule has 0 radical (unpaired) electrons. The van der Waals surface area contributed by atoms with Crippen LogP contribution in [0.5, 0.6) is 5.75 Å². The van der Waals surface area contributed by atoms with Crippen molar-refractivity contribution in [3.63, 3.8) is 0 Å². The van der Waals surface area contributed by atoms with Crippen molar-refractivity contribution in [2.75, 3.05) is 20.2 Å². The predicted octanol–water partition coefficient (Wildman–Crippen LogP) is 3.46. The molecule has 1 spiro atoms. The van der Waals surface area contributed by atoms with E-state index in [2.05, 4.69) is 9.88 Å². The van der Waals surface area contributed by atoms with Crippen LogP contribution in [0.1, 0.15) is 22.6 Å². The van der Waals surface area contributed by atoms with E-state index in [0.29, 0.717) is 18.0 Å². The molecule has 5 rings (SSSR count). The largest absolute Gasteiger partial charge is 0.497 e. The number of nitrogens with zero attached hydrogens (tertiary/aromatic N) is 3. The van der Waals surface area contributed by atoms with Crippen LogP contribution >= 0.6 is 11.3 Å². The van der Waals surface area contributed by atoms with Crippen LogP contribution < -0.4 is 4.74 Å². The van der Waals surface area contributed by atoms with Crippen LogP contribution in [-0.4, -0.2) is 42.8 Å². The van der Waals surface area contributed by atoms with Crippen molar-refractivity contribution in [2.24, 2.45) is 0 Å². The molecule has 1 unspecified atom stereocenters. The highest BCUT2D eigenvalue weighted by Crippen LogP contribution is 2.50. The average Bonchev–Trinajstić information content (AvgIpc) is 3.46. The summed E-state index contributed by atoms with van der Waals surface area (Å²) in [5.74, 6) is 0.761. The van der Waals surface area contributed by atoms with Gasteiger partial charge in [0.2, 0.25) is 10.0 Å². The van der Waals surface area contributed by atoms with E-state index in [1.165, 1.54) is 0 Å². The van der Waals surface area contributed by atoms with Crippen molar-refractivity contribution in [1.82, 2.24) is 14.2 Å². The number of benzene rings is 2. The Kier molecular flexibility index (Phi) is 4.89. The monoisotopic (exact) mass is 441 g/mol. The second-order valence-electron chi connectivity index (χ2n) is 7.77. The second kappa shape index (κ2) is 7.46. The molecule has 3 aromatic rings. The Labute approximate surface area is 180 Å². The standard InChI is InChI=1S/C22H23N3O3S2/c1-28-18-8-6-17(7-9-18)14-25-22(19-4-2-3-5-20(19)30(25,26)27)10-12-24(16-22)15-21-23-11-13-29-21/h2-9,11,13H,10,12,14-16H2,1H3. The van der Waals surface area contributed by atoms with Crippen LogP contribution in [0.15, 0.2) is 65.0 Å². The summed E-state index contributed by atoms with van der Waals surface area (Å²) in [6, 6.07) is 15.1. The third kappa shape index (κ3) is 3.15. The molecule has 2 aromatic carbocycles. The van der Waals surface area contributed by atoms with Crippen LogP contribution in [0, 0.1) is 0 Å². The van der Waals surface area contributed by atoms with E-state index in [9.17, 15) is 8.42 Å². The molecular formula is C22H23N3O3S2. The van der Waals surface area contributed by atoms with E-state index in [4.69, 9.17) is 4.74 Å². The molecule has 2 aliphatic rings. The zero-order chi connectivity index (χ0) is 20.8. The summed E-state index contributed by atoms with van der Waals surface area (Å²) in [6.07, 6.45) is 2.59. The molecule has 1 aromatic heterocycles. The van der Waals surface area contributed by atoms with E-state index in [1.807, 2.05) is 54.0 Å². The fourth-order valence-electron chi connectivity index (χ4n) is 4.64. The Morgan fingerprint density at radius 2 is 1.93 bits per heavy atom. The summed E-state index contributed by atoms with van der Waals surface area (Å²) < 4.78 is 34.1. The van der Waals surface area contributed by atoms with Crippen LogP contribution in [0.3, 0.4) is 0 Å². The second-order valence-corrected chi connectivity index (χ2v) is 10.6. The molecule has 0 N–H and O–H groups in total. The number of aromatic nitrogens is 1. The molecule has 30 heavy (non-hydrogen) atoms. The Bertz CT molecular complexity index is 1150. The fourth-order valence-corrected chi connectivity index (χ4v) is 7.35. The first-order valence-electron chi connectivity index (χ1n) is 9.89. The number of hydrogen-bond donors (Lipinski definition) is 0. The number of sulfonamides is 1. The van der Waals surface area contributed by atoms with Crippen LogP contribution in [0.2, 0.25) is 0 Å². The van der Waals surface area contributed by atoms with E-state index in [1.54, 1.807) is 28.8 Å². The van der Waals surface area contributed by atoms with Crippen LogP contribution in [-0.2, 0) is 28.7 Å². The molecule has 8 heteroatoms. The molecule has 0 saturated carbocycles. The van der Waals surface area contributed by atoms with E-state index >= 15 is 0 Å². The van der Waals surface area contributed by atoms with Gasteiger partial charge in [-0.15, -0.1) is 11.3 Å². The molecule has 1 fully saturated rings. The number of rotatable bonds is 5. The Balaban J connectivity index is 1.52. The molecule has 1 atom stereocenters. The van der Waals surface area contributed by atoms with Crippen LogP contribution in [0.4, 0.5) is 0 Å². The molecular weight excluding hydrogens is 418 g/mol. The molecule has 1 saturated heterocycles. The third-order valence-corrected chi connectivity index (χ3v) is 8.82. The first-order chi connectivity index (χ1) is 14.5. The van der Waals surface area contributed by atoms with Crippen LogP contribution in [0.25, 0.3) is 0 Å². The number of thiazole rings is 1. The minimum atomic E-state index is -3.58. The summed E-state index contributed by atoms with van der Waals surface area (Å²) in [5.41, 5.74) is 1.32. The molecule has 3 heterocycles. The average molecular weight is 442 g/mol. The first kappa shape index (κ1) is 19.7. The number of ether oxygens (including phenoxy) is 1. The topological polar surface area (TPSA) is 62.7 Å². The van der Waals surface area contributed by atoms with Gasteiger partial charge in [0.1, 0.15) is 10.8 Å². The van der Waals surface area contributed by atoms with Gasteiger partial charge in [-0.2, -0.15) is 4.31 Å². The molecule has 2 aliphatic heterocycles. The highest BCUT2D eigenvalue weighted by Gasteiger charge is 2.56. The smallest absolute Gasteiger partial charge is 0.244 e. The Morgan fingerprint density at radius 1 is 1.13 bits per heavy atom. The van der Waals surface area contributed by atoms with Gasteiger partial charge in [0.25, 0.3) is 0 Å². The summed E-state index contributed by atoms with van der Waals surface area (Å²) in [4.78, 5) is 7.16. The third-order valence-electron chi connectivity index (χ3n) is 6.09. The maximum absolute atomic E-state index is 13.6. The zero-order valence-corrected chi connectivity index (χ0v) is 18.3. The van der Waals surface area contributed by atoms with Gasteiger partial charge in [0.15, 0.2) is 0 Å². The SMILES string of the molecule is COc1ccc(CN2C3(CCN(Cc4nccs4)C3)c3ccccc3S2(=O)=O)cc1. The summed E-state index contributed by atoms with van der Waals surface area (Å²) in [7, 11) is -1.95. The number of likely N-dealkylation sites (tertiary alicyclic amines) is 1. The predicted molar refractivity (Wildman–Crippen MR) is 116 cm³/mol. The summed E-state index contributed by atoms with van der Waals surface area (Å²) in [6.45, 7) is 2.59. The summed E-state index contributed by atoms with van der Waals surface area (Å²) in [5, 5.41) is 3.04. The highest BCUT2D eigenvalue weighted by molar-refractivity contribution is 7.89. The lowest BCUT2D eigenvalue weighted by molar-refractivity contribution is 0.184. The van der Waals surface area contributed by atoms with Gasteiger partial charge >= 0.3 is 0 Å². The Hall–Kier alpha value is -2.26. The molecule has 0 aliphatic carbocycles. The van der Waals surface area contributed by atoms with Crippen molar-refractivity contribution in [1.29, 1.82) is 0 Å². The highest BCUT2D eigenvalue weighted by atomic mass is 32.2. The maximum atomic E-state index is 13.6. The van der Waals surface area contributed by atoms with Gasteiger partial charge in [-0.25, -0.2) is 13.4 Å². The van der Waals surface area contributed by atoms with Crippen molar-refractivity contribution in [3.05, 3.63) is 76.2 Å². The van der Waals surface area contributed by atoms with Crippen molar-refractivity contribution in [2.45, 2.75) is 29.9 Å². The van der Waals surface area contributed by atoms with Gasteiger partial charge in [0, 0.05) is 31.2 Å². The lowest BCUT2D eigenvalue weighted by Crippen LogP contribution is -2.45. The van der Waals surface area contributed by atoms with Crippen molar-refractivity contribution < 1.29 is 13.2 Å². The van der Waals surface area contributed by atoms with E-state index in [-0.39, 0.29) is 0 Å². The van der Waals surface area contributed by atoms with E-state index in [0.717, 1.165) is 41.4 Å². The van der Waals surface area contributed by atoms with Gasteiger partial charge in [-0.1, -0.05) is 30.3 Å². The fraction of sp³-hybridized carbons (Fsp3) is 0.318. The number of methoxy groups -OCH3 is 1. The molecule has 0 bridgehead atoms. The minimum absolute atomic E-state index is 0.339. The van der Waals surface area contributed by atoms with Crippen molar-refractivity contribution in [3.8, 4) is 5.75 Å². The van der Waals surface area contributed by atoms with Crippen molar-refractivity contribution >= 4 is 21.4 Å².